The van der Waals surface area contributed by atoms with E-state index in [9.17, 15) is 9.59 Å². The van der Waals surface area contributed by atoms with Gasteiger partial charge in [0.2, 0.25) is 5.91 Å². The van der Waals surface area contributed by atoms with Gasteiger partial charge < -0.3 is 15.7 Å². The van der Waals surface area contributed by atoms with Gasteiger partial charge in [0.05, 0.1) is 16.0 Å². The maximum atomic E-state index is 12.6. The van der Waals surface area contributed by atoms with Crippen molar-refractivity contribution in [2.45, 2.75) is 26.2 Å². The number of benzene rings is 1. The van der Waals surface area contributed by atoms with Crippen LogP contribution in [0.15, 0.2) is 18.2 Å². The number of nitrogens with one attached hydrogen (secondary N) is 2. The Morgan fingerprint density at radius 1 is 1.48 bits per heavy atom. The number of halogens is 1. The third kappa shape index (κ3) is 3.36. The second-order valence-corrected chi connectivity index (χ2v) is 5.78. The van der Waals surface area contributed by atoms with Gasteiger partial charge in [-0.3, -0.25) is 4.79 Å². The monoisotopic (exact) mass is 310 g/mol. The molecule has 114 valence electrons. The third-order valence-corrected chi connectivity index (χ3v) is 4.41. The first kappa shape index (κ1) is 15.8. The summed E-state index contributed by atoms with van der Waals surface area (Å²) in [6.07, 6.45) is 2.54. The summed E-state index contributed by atoms with van der Waals surface area (Å²) in [5, 5.41) is 15.3. The largest absolute Gasteiger partial charge is 0.478 e. The summed E-state index contributed by atoms with van der Waals surface area (Å²) in [5.41, 5.74) is 0.0170. The number of hydrogen-bond acceptors (Lipinski definition) is 3. The molecule has 0 saturated carbocycles. The second-order valence-electron chi connectivity index (χ2n) is 5.37. The number of carbonyl (C=O) groups excluding carboxylic acids is 1. The van der Waals surface area contributed by atoms with E-state index in [4.69, 9.17) is 16.7 Å². The third-order valence-electron chi connectivity index (χ3n) is 4.09. The van der Waals surface area contributed by atoms with E-state index in [1.54, 1.807) is 6.07 Å². The van der Waals surface area contributed by atoms with Crippen molar-refractivity contribution < 1.29 is 14.7 Å². The van der Waals surface area contributed by atoms with Crippen LogP contribution in [-0.2, 0) is 4.79 Å². The fraction of sp³-hybridized carbons (Fsp3) is 0.467. The Hall–Kier alpha value is -1.59. The summed E-state index contributed by atoms with van der Waals surface area (Å²) >= 11 is 5.83. The topological polar surface area (TPSA) is 78.4 Å². The molecule has 1 aromatic carbocycles. The summed E-state index contributed by atoms with van der Waals surface area (Å²) in [4.78, 5) is 23.6. The Morgan fingerprint density at radius 2 is 2.24 bits per heavy atom. The molecule has 1 heterocycles. The number of carboxylic acid groups (broad SMARTS) is 1. The second kappa shape index (κ2) is 6.45. The van der Waals surface area contributed by atoms with Gasteiger partial charge in [-0.2, -0.15) is 0 Å². The first-order valence-corrected chi connectivity index (χ1v) is 7.41. The van der Waals surface area contributed by atoms with Crippen molar-refractivity contribution in [1.82, 2.24) is 5.32 Å². The molecule has 0 aromatic heterocycles. The van der Waals surface area contributed by atoms with Gasteiger partial charge >= 0.3 is 5.97 Å². The number of piperidine rings is 1. The lowest BCUT2D eigenvalue weighted by Crippen LogP contribution is -2.47. The van der Waals surface area contributed by atoms with Gasteiger partial charge in [-0.25, -0.2) is 4.79 Å². The SMILES string of the molecule is CCC1(C(=O)Nc2ccc(Cl)c(C(=O)O)c2)CCCNC1. The molecule has 1 aliphatic rings. The first-order valence-electron chi connectivity index (χ1n) is 7.03. The normalized spacial score (nSPS) is 21.8. The van der Waals surface area contributed by atoms with Crippen LogP contribution in [-0.4, -0.2) is 30.1 Å². The molecule has 0 aliphatic carbocycles. The molecule has 1 saturated heterocycles. The molecule has 1 unspecified atom stereocenters. The lowest BCUT2D eigenvalue weighted by Gasteiger charge is -2.35. The van der Waals surface area contributed by atoms with E-state index in [0.717, 1.165) is 25.8 Å². The Morgan fingerprint density at radius 3 is 2.81 bits per heavy atom. The highest BCUT2D eigenvalue weighted by molar-refractivity contribution is 6.33. The van der Waals surface area contributed by atoms with Crippen molar-refractivity contribution in [1.29, 1.82) is 0 Å². The smallest absolute Gasteiger partial charge is 0.337 e. The summed E-state index contributed by atoms with van der Waals surface area (Å²) in [6.45, 7) is 3.57. The van der Waals surface area contributed by atoms with Gasteiger partial charge in [0.25, 0.3) is 0 Å². The van der Waals surface area contributed by atoms with Crippen molar-refractivity contribution in [3.63, 3.8) is 0 Å². The molecular formula is C15H19ClN2O3. The number of amides is 1. The number of rotatable bonds is 4. The first-order chi connectivity index (χ1) is 9.98. The van der Waals surface area contributed by atoms with E-state index in [2.05, 4.69) is 10.6 Å². The minimum absolute atomic E-state index is 0.0122. The zero-order chi connectivity index (χ0) is 15.5. The van der Waals surface area contributed by atoms with Crippen LogP contribution in [0.25, 0.3) is 0 Å². The molecule has 0 radical (unpaired) electrons. The van der Waals surface area contributed by atoms with Crippen LogP contribution in [0.1, 0.15) is 36.5 Å². The zero-order valence-corrected chi connectivity index (χ0v) is 12.7. The minimum Gasteiger partial charge on any atom is -0.478 e. The predicted octanol–water partition coefficient (Wildman–Crippen LogP) is 2.76. The van der Waals surface area contributed by atoms with Crippen molar-refractivity contribution in [3.05, 3.63) is 28.8 Å². The van der Waals surface area contributed by atoms with Crippen LogP contribution >= 0.6 is 11.6 Å². The molecule has 3 N–H and O–H groups in total. The Labute approximate surface area is 128 Å². The van der Waals surface area contributed by atoms with E-state index >= 15 is 0 Å². The molecule has 1 amide bonds. The van der Waals surface area contributed by atoms with Crippen LogP contribution in [0.5, 0.6) is 0 Å². The van der Waals surface area contributed by atoms with Crippen molar-refractivity contribution in [2.24, 2.45) is 5.41 Å². The molecule has 6 heteroatoms. The number of aromatic carboxylic acids is 1. The highest BCUT2D eigenvalue weighted by Gasteiger charge is 2.37. The van der Waals surface area contributed by atoms with Crippen molar-refractivity contribution >= 4 is 29.2 Å². The summed E-state index contributed by atoms with van der Waals surface area (Å²) in [5.74, 6) is -1.18. The fourth-order valence-electron chi connectivity index (χ4n) is 2.65. The van der Waals surface area contributed by atoms with Crippen molar-refractivity contribution in [3.8, 4) is 0 Å². The molecular weight excluding hydrogens is 292 g/mol. The van der Waals surface area contributed by atoms with E-state index in [-0.39, 0.29) is 16.5 Å². The van der Waals surface area contributed by atoms with E-state index in [0.29, 0.717) is 12.2 Å². The van der Waals surface area contributed by atoms with Crippen LogP contribution in [0.4, 0.5) is 5.69 Å². The summed E-state index contributed by atoms with van der Waals surface area (Å²) in [6, 6.07) is 4.49. The molecule has 1 aliphatic heterocycles. The summed E-state index contributed by atoms with van der Waals surface area (Å²) in [7, 11) is 0. The van der Waals surface area contributed by atoms with E-state index in [1.165, 1.54) is 12.1 Å². The maximum absolute atomic E-state index is 12.6. The molecule has 0 bridgehead atoms. The lowest BCUT2D eigenvalue weighted by atomic mass is 9.77. The quantitative estimate of drug-likeness (QED) is 0.799. The standard InChI is InChI=1S/C15H19ClN2O3/c1-2-15(6-3-7-17-9-15)14(21)18-10-4-5-12(16)11(8-10)13(19)20/h4-5,8,17H,2-3,6-7,9H2,1H3,(H,18,21)(H,19,20). The van der Waals surface area contributed by atoms with Gasteiger partial charge in [-0.15, -0.1) is 0 Å². The lowest BCUT2D eigenvalue weighted by molar-refractivity contribution is -0.126. The molecule has 1 fully saturated rings. The number of anilines is 1. The van der Waals surface area contributed by atoms with Crippen LogP contribution in [0.2, 0.25) is 5.02 Å². The average Bonchev–Trinajstić information content (AvgIpc) is 2.49. The Bertz CT molecular complexity index is 554. The van der Waals surface area contributed by atoms with E-state index < -0.39 is 11.4 Å². The highest BCUT2D eigenvalue weighted by Crippen LogP contribution is 2.32. The maximum Gasteiger partial charge on any atom is 0.337 e. The predicted molar refractivity (Wildman–Crippen MR) is 81.9 cm³/mol. The van der Waals surface area contributed by atoms with Gasteiger partial charge in [0, 0.05) is 12.2 Å². The van der Waals surface area contributed by atoms with Crippen molar-refractivity contribution in [2.75, 3.05) is 18.4 Å². The summed E-state index contributed by atoms with van der Waals surface area (Å²) < 4.78 is 0. The minimum atomic E-state index is -1.11. The number of carboxylic acids is 1. The highest BCUT2D eigenvalue weighted by atomic mass is 35.5. The fourth-order valence-corrected chi connectivity index (χ4v) is 2.85. The average molecular weight is 311 g/mol. The van der Waals surface area contributed by atoms with Crippen LogP contribution in [0.3, 0.4) is 0 Å². The van der Waals surface area contributed by atoms with Gasteiger partial charge in [-0.05, 0) is 44.0 Å². The molecule has 2 rings (SSSR count). The Kier molecular flexibility index (Phi) is 4.85. The molecule has 0 spiro atoms. The molecule has 21 heavy (non-hydrogen) atoms. The number of carbonyl (C=O) groups is 2. The number of hydrogen-bond donors (Lipinski definition) is 3. The molecule has 1 atom stereocenters. The van der Waals surface area contributed by atoms with Gasteiger partial charge in [-0.1, -0.05) is 18.5 Å². The molecule has 1 aromatic rings. The van der Waals surface area contributed by atoms with Gasteiger partial charge in [0.1, 0.15) is 0 Å². The van der Waals surface area contributed by atoms with Crippen LogP contribution < -0.4 is 10.6 Å². The Balaban J connectivity index is 2.19. The zero-order valence-electron chi connectivity index (χ0n) is 11.9. The van der Waals surface area contributed by atoms with Crippen LogP contribution in [0, 0.1) is 5.41 Å². The molecule has 5 nitrogen and oxygen atoms in total. The van der Waals surface area contributed by atoms with Gasteiger partial charge in [0.15, 0.2) is 0 Å². The van der Waals surface area contributed by atoms with E-state index in [1.807, 2.05) is 6.92 Å².